The summed E-state index contributed by atoms with van der Waals surface area (Å²) in [6.07, 6.45) is 0.776. The number of carbonyl (C=O) groups is 1. The number of amides is 1. The van der Waals surface area contributed by atoms with Crippen molar-refractivity contribution in [1.29, 1.82) is 0 Å². The van der Waals surface area contributed by atoms with Gasteiger partial charge in [0.1, 0.15) is 0 Å². The van der Waals surface area contributed by atoms with Gasteiger partial charge in [0.2, 0.25) is 0 Å². The standard InChI is InChI=1S/C15H18N4O3/c1-9-14(17-18-16-9)15(20)19-5-4-10-6-12(21-2)13(22-3)7-11(10)8-19/h6-7H,4-5,8H2,1-3H3,(H,16,17,18). The van der Waals surface area contributed by atoms with Gasteiger partial charge in [-0.3, -0.25) is 4.79 Å². The van der Waals surface area contributed by atoms with Crippen LogP contribution in [0.2, 0.25) is 0 Å². The molecule has 1 aromatic heterocycles. The van der Waals surface area contributed by atoms with Crippen molar-refractivity contribution >= 4 is 5.91 Å². The van der Waals surface area contributed by atoms with Gasteiger partial charge < -0.3 is 14.4 Å². The lowest BCUT2D eigenvalue weighted by atomic mass is 9.98. The molecule has 1 aliphatic heterocycles. The Kier molecular flexibility index (Phi) is 3.70. The Morgan fingerprint density at radius 2 is 1.86 bits per heavy atom. The summed E-state index contributed by atoms with van der Waals surface area (Å²) in [5, 5.41) is 10.3. The average Bonchev–Trinajstić information content (AvgIpc) is 2.98. The lowest BCUT2D eigenvalue weighted by molar-refractivity contribution is 0.0727. The molecule has 3 rings (SSSR count). The number of nitrogens with one attached hydrogen (secondary N) is 1. The van der Waals surface area contributed by atoms with Crippen LogP contribution in [0.15, 0.2) is 12.1 Å². The third-order valence-corrected chi connectivity index (χ3v) is 3.93. The molecule has 0 atom stereocenters. The SMILES string of the molecule is COc1cc2c(cc1OC)CN(C(=O)c1n[nH]nc1C)CC2. The maximum absolute atomic E-state index is 12.5. The number of hydrogen-bond acceptors (Lipinski definition) is 5. The topological polar surface area (TPSA) is 80.3 Å². The second-order valence-electron chi connectivity index (χ2n) is 5.21. The van der Waals surface area contributed by atoms with Gasteiger partial charge in [-0.15, -0.1) is 0 Å². The third kappa shape index (κ3) is 2.38. The summed E-state index contributed by atoms with van der Waals surface area (Å²) >= 11 is 0. The van der Waals surface area contributed by atoms with E-state index < -0.39 is 0 Å². The predicted molar refractivity (Wildman–Crippen MR) is 79.1 cm³/mol. The minimum atomic E-state index is -0.105. The van der Waals surface area contributed by atoms with E-state index in [1.807, 2.05) is 12.1 Å². The van der Waals surface area contributed by atoms with Crippen LogP contribution < -0.4 is 9.47 Å². The van der Waals surface area contributed by atoms with Crippen LogP contribution in [-0.2, 0) is 13.0 Å². The average molecular weight is 302 g/mol. The fourth-order valence-corrected chi connectivity index (χ4v) is 2.69. The summed E-state index contributed by atoms with van der Waals surface area (Å²) in [6, 6.07) is 3.92. The first-order valence-corrected chi connectivity index (χ1v) is 7.04. The number of ether oxygens (including phenoxy) is 2. The van der Waals surface area contributed by atoms with Crippen LogP contribution in [0.5, 0.6) is 11.5 Å². The lowest BCUT2D eigenvalue weighted by Gasteiger charge is -2.29. The Hall–Kier alpha value is -2.57. The quantitative estimate of drug-likeness (QED) is 0.925. The highest BCUT2D eigenvalue weighted by Crippen LogP contribution is 2.33. The van der Waals surface area contributed by atoms with Crippen LogP contribution >= 0.6 is 0 Å². The van der Waals surface area contributed by atoms with E-state index in [9.17, 15) is 4.79 Å². The second-order valence-corrected chi connectivity index (χ2v) is 5.21. The minimum Gasteiger partial charge on any atom is -0.493 e. The molecule has 1 aromatic carbocycles. The van der Waals surface area contributed by atoms with E-state index in [4.69, 9.17) is 9.47 Å². The highest BCUT2D eigenvalue weighted by atomic mass is 16.5. The van der Waals surface area contributed by atoms with Gasteiger partial charge in [-0.25, -0.2) is 0 Å². The van der Waals surface area contributed by atoms with Gasteiger partial charge in [0.25, 0.3) is 5.91 Å². The number of fused-ring (bicyclic) bond motifs is 1. The van der Waals surface area contributed by atoms with Crippen LogP contribution in [0.4, 0.5) is 0 Å². The van der Waals surface area contributed by atoms with Gasteiger partial charge in [0, 0.05) is 13.1 Å². The van der Waals surface area contributed by atoms with E-state index >= 15 is 0 Å². The number of aromatic nitrogens is 3. The molecule has 2 aromatic rings. The van der Waals surface area contributed by atoms with Crippen molar-refractivity contribution in [2.45, 2.75) is 19.9 Å². The lowest BCUT2D eigenvalue weighted by Crippen LogP contribution is -2.36. The van der Waals surface area contributed by atoms with Crippen LogP contribution in [0, 0.1) is 6.92 Å². The number of nitrogens with zero attached hydrogens (tertiary/aromatic N) is 3. The molecule has 2 heterocycles. The Bertz CT molecular complexity index is 711. The van der Waals surface area contributed by atoms with Gasteiger partial charge >= 0.3 is 0 Å². The number of aryl methyl sites for hydroxylation is 1. The largest absolute Gasteiger partial charge is 0.493 e. The zero-order chi connectivity index (χ0) is 15.7. The van der Waals surface area contributed by atoms with E-state index in [-0.39, 0.29) is 5.91 Å². The highest BCUT2D eigenvalue weighted by molar-refractivity contribution is 5.93. The van der Waals surface area contributed by atoms with Crippen LogP contribution in [0.25, 0.3) is 0 Å². The molecular formula is C15H18N4O3. The number of methoxy groups -OCH3 is 2. The minimum absolute atomic E-state index is 0.105. The zero-order valence-corrected chi connectivity index (χ0v) is 12.8. The first-order valence-electron chi connectivity index (χ1n) is 7.04. The molecule has 0 saturated carbocycles. The zero-order valence-electron chi connectivity index (χ0n) is 12.8. The van der Waals surface area contributed by atoms with E-state index in [0.29, 0.717) is 36.0 Å². The molecule has 7 nitrogen and oxygen atoms in total. The molecule has 22 heavy (non-hydrogen) atoms. The molecule has 1 aliphatic rings. The second kappa shape index (κ2) is 5.67. The van der Waals surface area contributed by atoms with Crippen LogP contribution in [-0.4, -0.2) is 47.0 Å². The van der Waals surface area contributed by atoms with E-state index in [1.165, 1.54) is 5.56 Å². The van der Waals surface area contributed by atoms with Crippen molar-refractivity contribution in [3.8, 4) is 11.5 Å². The van der Waals surface area contributed by atoms with Gasteiger partial charge in [0.05, 0.1) is 19.9 Å². The molecule has 0 fully saturated rings. The first-order chi connectivity index (χ1) is 10.6. The summed E-state index contributed by atoms with van der Waals surface area (Å²) in [4.78, 5) is 14.3. The van der Waals surface area contributed by atoms with Crippen molar-refractivity contribution < 1.29 is 14.3 Å². The fourth-order valence-electron chi connectivity index (χ4n) is 2.69. The van der Waals surface area contributed by atoms with Crippen molar-refractivity contribution in [3.05, 3.63) is 34.6 Å². The van der Waals surface area contributed by atoms with Crippen molar-refractivity contribution in [2.24, 2.45) is 0 Å². The number of rotatable bonds is 3. The van der Waals surface area contributed by atoms with Gasteiger partial charge in [-0.05, 0) is 36.6 Å². The highest BCUT2D eigenvalue weighted by Gasteiger charge is 2.26. The normalized spacial score (nSPS) is 13.7. The fraction of sp³-hybridized carbons (Fsp3) is 0.400. The summed E-state index contributed by atoms with van der Waals surface area (Å²) < 4.78 is 10.7. The van der Waals surface area contributed by atoms with E-state index in [1.54, 1.807) is 26.0 Å². The summed E-state index contributed by atoms with van der Waals surface area (Å²) in [7, 11) is 3.23. The smallest absolute Gasteiger partial charge is 0.276 e. The maximum atomic E-state index is 12.5. The van der Waals surface area contributed by atoms with Gasteiger partial charge in [-0.1, -0.05) is 0 Å². The first kappa shape index (κ1) is 14.4. The molecule has 0 aliphatic carbocycles. The number of carbonyl (C=O) groups excluding carboxylic acids is 1. The molecule has 0 bridgehead atoms. The molecule has 7 heteroatoms. The summed E-state index contributed by atoms with van der Waals surface area (Å²) in [5.41, 5.74) is 3.24. The Morgan fingerprint density at radius 1 is 1.18 bits per heavy atom. The van der Waals surface area contributed by atoms with Crippen molar-refractivity contribution in [2.75, 3.05) is 20.8 Å². The van der Waals surface area contributed by atoms with E-state index in [0.717, 1.165) is 12.0 Å². The summed E-state index contributed by atoms with van der Waals surface area (Å²) in [6.45, 7) is 2.94. The maximum Gasteiger partial charge on any atom is 0.276 e. The molecule has 1 amide bonds. The molecule has 0 spiro atoms. The molecule has 116 valence electrons. The number of benzene rings is 1. The van der Waals surface area contributed by atoms with E-state index in [2.05, 4.69) is 15.4 Å². The van der Waals surface area contributed by atoms with Gasteiger partial charge in [-0.2, -0.15) is 15.4 Å². The molecule has 0 radical (unpaired) electrons. The summed E-state index contributed by atoms with van der Waals surface area (Å²) in [5.74, 6) is 1.29. The number of aromatic amines is 1. The van der Waals surface area contributed by atoms with Crippen LogP contribution in [0.3, 0.4) is 0 Å². The molecular weight excluding hydrogens is 284 g/mol. The molecule has 0 saturated heterocycles. The molecule has 0 unspecified atom stereocenters. The predicted octanol–water partition coefficient (Wildman–Crippen LogP) is 1.33. The number of H-pyrrole nitrogens is 1. The Labute approximate surface area is 128 Å². The molecule has 1 N–H and O–H groups in total. The number of hydrogen-bond donors (Lipinski definition) is 1. The van der Waals surface area contributed by atoms with Crippen molar-refractivity contribution in [3.63, 3.8) is 0 Å². The van der Waals surface area contributed by atoms with Crippen LogP contribution in [0.1, 0.15) is 27.3 Å². The van der Waals surface area contributed by atoms with Crippen molar-refractivity contribution in [1.82, 2.24) is 20.3 Å². The third-order valence-electron chi connectivity index (χ3n) is 3.93. The van der Waals surface area contributed by atoms with Gasteiger partial charge in [0.15, 0.2) is 17.2 Å². The Morgan fingerprint density at radius 3 is 2.45 bits per heavy atom. The monoisotopic (exact) mass is 302 g/mol. The Balaban J connectivity index is 1.87.